The van der Waals surface area contributed by atoms with E-state index in [4.69, 9.17) is 0 Å². The largest absolute Gasteiger partial charge is 0.329 e. The summed E-state index contributed by atoms with van der Waals surface area (Å²) in [5.74, 6) is -0.0927. The molecule has 4 nitrogen and oxygen atoms in total. The van der Waals surface area contributed by atoms with Crippen molar-refractivity contribution in [1.82, 2.24) is 9.97 Å². The van der Waals surface area contributed by atoms with Crippen molar-refractivity contribution in [1.29, 1.82) is 0 Å². The van der Waals surface area contributed by atoms with Crippen LogP contribution in [-0.2, 0) is 0 Å². The summed E-state index contributed by atoms with van der Waals surface area (Å²) in [6.45, 7) is 1.45. The van der Waals surface area contributed by atoms with Gasteiger partial charge in [-0.1, -0.05) is 0 Å². The number of rotatable bonds is 2. The molecule has 2 heterocycles. The number of carbonyl (C=O) groups excluding carboxylic acids is 1. The number of ketones is 1. The molecule has 15 heavy (non-hydrogen) atoms. The third-order valence-electron chi connectivity index (χ3n) is 1.91. The van der Waals surface area contributed by atoms with Crippen LogP contribution in [0.3, 0.4) is 0 Å². The molecule has 0 radical (unpaired) electrons. The van der Waals surface area contributed by atoms with Gasteiger partial charge in [-0.25, -0.2) is 4.98 Å². The summed E-state index contributed by atoms with van der Waals surface area (Å²) in [6, 6.07) is 3.41. The van der Waals surface area contributed by atoms with Crippen LogP contribution >= 0.6 is 11.3 Å². The van der Waals surface area contributed by atoms with Crippen molar-refractivity contribution in [3.63, 3.8) is 0 Å². The Morgan fingerprint density at radius 2 is 2.33 bits per heavy atom. The van der Waals surface area contributed by atoms with Crippen molar-refractivity contribution < 1.29 is 4.79 Å². The highest BCUT2D eigenvalue weighted by atomic mass is 32.1. The predicted octanol–water partition coefficient (Wildman–Crippen LogP) is 1.70. The van der Waals surface area contributed by atoms with Gasteiger partial charge >= 0.3 is 0 Å². The maximum atomic E-state index is 11.4. The van der Waals surface area contributed by atoms with Crippen LogP contribution in [0.4, 0.5) is 0 Å². The Kier molecular flexibility index (Phi) is 2.47. The lowest BCUT2D eigenvalue weighted by atomic mass is 10.3. The van der Waals surface area contributed by atoms with E-state index in [9.17, 15) is 9.59 Å². The molecule has 2 rings (SSSR count). The van der Waals surface area contributed by atoms with Crippen LogP contribution in [0.5, 0.6) is 0 Å². The summed E-state index contributed by atoms with van der Waals surface area (Å²) in [5, 5.41) is 2.23. The summed E-state index contributed by atoms with van der Waals surface area (Å²) in [7, 11) is 0. The molecule has 0 atom stereocenters. The minimum Gasteiger partial charge on any atom is -0.329 e. The summed E-state index contributed by atoms with van der Waals surface area (Å²) in [6.07, 6.45) is 1.56. The van der Waals surface area contributed by atoms with E-state index in [1.54, 1.807) is 23.7 Å². The van der Waals surface area contributed by atoms with Gasteiger partial charge in [-0.05, 0) is 12.1 Å². The number of carbonyl (C=O) groups is 1. The minimum absolute atomic E-state index is 0.0927. The fraction of sp³-hybridized carbons (Fsp3) is 0.100. The minimum atomic E-state index is -0.193. The molecule has 0 saturated carbocycles. The number of nitrogens with zero attached hydrogens (tertiary/aromatic N) is 1. The molecule has 5 heteroatoms. The summed E-state index contributed by atoms with van der Waals surface area (Å²) >= 11 is 1.29. The molecular formula is C10H8N2O2S. The zero-order valence-electron chi connectivity index (χ0n) is 7.98. The normalized spacial score (nSPS) is 10.2. The fourth-order valence-electron chi connectivity index (χ4n) is 1.15. The van der Waals surface area contributed by atoms with Gasteiger partial charge in [0.2, 0.25) is 0 Å². The zero-order chi connectivity index (χ0) is 10.8. The highest BCUT2D eigenvalue weighted by Crippen LogP contribution is 2.20. The van der Waals surface area contributed by atoms with Gasteiger partial charge in [0.1, 0.15) is 10.7 Å². The number of pyridine rings is 1. The van der Waals surface area contributed by atoms with Crippen LogP contribution in [0.25, 0.3) is 10.6 Å². The van der Waals surface area contributed by atoms with Crippen molar-refractivity contribution in [3.05, 3.63) is 39.8 Å². The van der Waals surface area contributed by atoms with Gasteiger partial charge in [0.05, 0.1) is 5.56 Å². The van der Waals surface area contributed by atoms with Gasteiger partial charge in [-0.2, -0.15) is 0 Å². The maximum Gasteiger partial charge on any atom is 0.258 e. The summed E-state index contributed by atoms with van der Waals surface area (Å²) < 4.78 is 0. The molecule has 0 spiro atoms. The molecule has 76 valence electrons. The fourth-order valence-corrected chi connectivity index (χ4v) is 2.03. The average molecular weight is 220 g/mol. The second-order valence-corrected chi connectivity index (χ2v) is 3.87. The van der Waals surface area contributed by atoms with Gasteiger partial charge in [0.15, 0.2) is 5.78 Å². The van der Waals surface area contributed by atoms with E-state index in [2.05, 4.69) is 9.97 Å². The number of thiazole rings is 1. The van der Waals surface area contributed by atoms with E-state index < -0.39 is 0 Å². The molecule has 1 N–H and O–H groups in total. The van der Waals surface area contributed by atoms with Gasteiger partial charge in [0.25, 0.3) is 5.56 Å². The Bertz CT molecular complexity index is 556. The van der Waals surface area contributed by atoms with Crippen LogP contribution in [0, 0.1) is 0 Å². The van der Waals surface area contributed by atoms with Crippen LogP contribution in [0.1, 0.15) is 17.4 Å². The monoisotopic (exact) mass is 220 g/mol. The number of Topliss-reactive ketones (excluding diaryl/α,β-unsaturated/α-hetero) is 1. The topological polar surface area (TPSA) is 62.8 Å². The summed E-state index contributed by atoms with van der Waals surface area (Å²) in [5.41, 5.74) is 0.704. The number of nitrogens with one attached hydrogen (secondary N) is 1. The Morgan fingerprint density at radius 3 is 2.93 bits per heavy atom. The van der Waals surface area contributed by atoms with Crippen molar-refractivity contribution in [2.45, 2.75) is 6.92 Å². The zero-order valence-corrected chi connectivity index (χ0v) is 8.80. The number of aromatic amines is 1. The standard InChI is InChI=1S/C10H8N2O2S/c1-6(13)8-5-15-10(12-8)7-3-2-4-11-9(7)14/h2-5H,1H3,(H,11,14). The second-order valence-electron chi connectivity index (χ2n) is 3.01. The average Bonchev–Trinajstić information content (AvgIpc) is 2.67. The number of aromatic nitrogens is 2. The number of hydrogen-bond acceptors (Lipinski definition) is 4. The Hall–Kier alpha value is -1.75. The molecule has 0 aromatic carbocycles. The van der Waals surface area contributed by atoms with Gasteiger partial charge in [-0.15, -0.1) is 11.3 Å². The quantitative estimate of drug-likeness (QED) is 0.783. The number of hydrogen-bond donors (Lipinski definition) is 1. The predicted molar refractivity (Wildman–Crippen MR) is 58.2 cm³/mol. The highest BCUT2D eigenvalue weighted by Gasteiger charge is 2.09. The van der Waals surface area contributed by atoms with Crippen LogP contribution in [0.15, 0.2) is 28.5 Å². The van der Waals surface area contributed by atoms with Gasteiger partial charge in [0, 0.05) is 18.5 Å². The van der Waals surface area contributed by atoms with E-state index >= 15 is 0 Å². The number of H-pyrrole nitrogens is 1. The van der Waals surface area contributed by atoms with Gasteiger partial charge < -0.3 is 4.98 Å². The molecule has 2 aromatic rings. The second kappa shape index (κ2) is 3.78. The van der Waals surface area contributed by atoms with Gasteiger partial charge in [-0.3, -0.25) is 9.59 Å². The van der Waals surface area contributed by atoms with E-state index in [1.807, 2.05) is 0 Å². The maximum absolute atomic E-state index is 11.4. The Balaban J connectivity index is 2.51. The lowest BCUT2D eigenvalue weighted by Crippen LogP contribution is -2.06. The molecule has 0 bridgehead atoms. The molecule has 0 amide bonds. The molecule has 2 aromatic heterocycles. The van der Waals surface area contributed by atoms with Crippen LogP contribution in [-0.4, -0.2) is 15.8 Å². The van der Waals surface area contributed by atoms with E-state index in [0.717, 1.165) is 0 Å². The van der Waals surface area contributed by atoms with Crippen molar-refractivity contribution in [2.24, 2.45) is 0 Å². The van der Waals surface area contributed by atoms with Crippen LogP contribution in [0.2, 0.25) is 0 Å². The molecular weight excluding hydrogens is 212 g/mol. The first kappa shape index (κ1) is 9.79. The van der Waals surface area contributed by atoms with Crippen LogP contribution < -0.4 is 5.56 Å². The highest BCUT2D eigenvalue weighted by molar-refractivity contribution is 7.13. The van der Waals surface area contributed by atoms with E-state index in [-0.39, 0.29) is 11.3 Å². The first-order chi connectivity index (χ1) is 7.18. The molecule has 0 saturated heterocycles. The third kappa shape index (κ3) is 1.87. The lowest BCUT2D eigenvalue weighted by Gasteiger charge is -1.92. The smallest absolute Gasteiger partial charge is 0.258 e. The molecule has 0 aliphatic heterocycles. The Morgan fingerprint density at radius 1 is 1.53 bits per heavy atom. The first-order valence-corrected chi connectivity index (χ1v) is 5.21. The Labute approximate surface area is 89.6 Å². The van der Waals surface area contributed by atoms with E-state index in [1.165, 1.54) is 18.3 Å². The first-order valence-electron chi connectivity index (χ1n) is 4.33. The van der Waals surface area contributed by atoms with E-state index in [0.29, 0.717) is 16.3 Å². The molecule has 0 aliphatic carbocycles. The molecule has 0 fully saturated rings. The third-order valence-corrected chi connectivity index (χ3v) is 2.79. The summed E-state index contributed by atoms with van der Waals surface area (Å²) in [4.78, 5) is 29.1. The van der Waals surface area contributed by atoms with Crippen molar-refractivity contribution in [3.8, 4) is 10.6 Å². The molecule has 0 aliphatic rings. The van der Waals surface area contributed by atoms with Crippen molar-refractivity contribution in [2.75, 3.05) is 0 Å². The lowest BCUT2D eigenvalue weighted by molar-refractivity contribution is 0.101. The molecule has 0 unspecified atom stereocenters. The van der Waals surface area contributed by atoms with Crippen molar-refractivity contribution >= 4 is 17.1 Å². The SMILES string of the molecule is CC(=O)c1csc(-c2ccc[nH]c2=O)n1.